The highest BCUT2D eigenvalue weighted by Gasteiger charge is 2.51. The Morgan fingerprint density at radius 2 is 1.49 bits per heavy atom. The molecule has 200 valence electrons. The van der Waals surface area contributed by atoms with E-state index < -0.39 is 24.3 Å². The van der Waals surface area contributed by atoms with Gasteiger partial charge in [0.1, 0.15) is 35.2 Å². The molecule has 0 aliphatic carbocycles. The summed E-state index contributed by atoms with van der Waals surface area (Å²) < 4.78 is 29.9. The molecule has 0 unspecified atom stereocenters. The van der Waals surface area contributed by atoms with Crippen molar-refractivity contribution in [3.8, 4) is 11.5 Å². The van der Waals surface area contributed by atoms with Crippen molar-refractivity contribution < 1.29 is 33.6 Å². The molecular weight excluding hydrogens is 496 g/mol. The minimum atomic E-state index is -0.875. The van der Waals surface area contributed by atoms with Gasteiger partial charge in [-0.15, -0.1) is 0 Å². The number of carboxylic acids is 1. The number of amidine groups is 1. The van der Waals surface area contributed by atoms with Crippen molar-refractivity contribution in [2.24, 2.45) is 4.99 Å². The fourth-order valence-corrected chi connectivity index (χ4v) is 5.48. The van der Waals surface area contributed by atoms with E-state index in [9.17, 15) is 9.90 Å². The van der Waals surface area contributed by atoms with Crippen LogP contribution < -0.4 is 9.47 Å². The molecule has 2 heterocycles. The second-order valence-electron chi connectivity index (χ2n) is 9.14. The summed E-state index contributed by atoms with van der Waals surface area (Å²) in [6.45, 7) is 0.669. The standard InChI is InChI=1S/C27H34N2O7S/c1-29(2)27-28-23-25(35-16-18-7-11-20(33-4)12-8-18)24(21(13-14-22(30)31)36-26(23)37-27)34-15-17-5-9-19(32-3)10-6-17/h5-12,21,23-26H,13-16H2,1-4H3,(H,30,31)/t21-,23-,24-,25-,26-/m1/s1. The van der Waals surface area contributed by atoms with Crippen LogP contribution in [0.15, 0.2) is 53.5 Å². The molecule has 9 nitrogen and oxygen atoms in total. The normalized spacial score (nSPS) is 24.8. The lowest BCUT2D eigenvalue weighted by Gasteiger charge is -2.42. The first-order valence-corrected chi connectivity index (χ1v) is 13.0. The minimum Gasteiger partial charge on any atom is -0.497 e. The molecule has 0 bridgehead atoms. The van der Waals surface area contributed by atoms with Crippen LogP contribution in [0.3, 0.4) is 0 Å². The maximum absolute atomic E-state index is 11.4. The second-order valence-corrected chi connectivity index (χ2v) is 10.2. The smallest absolute Gasteiger partial charge is 0.303 e. The van der Waals surface area contributed by atoms with Crippen LogP contribution in [0, 0.1) is 0 Å². The molecule has 0 saturated carbocycles. The van der Waals surface area contributed by atoms with E-state index in [0.717, 1.165) is 27.8 Å². The lowest BCUT2D eigenvalue weighted by Crippen LogP contribution is -2.56. The molecule has 0 amide bonds. The summed E-state index contributed by atoms with van der Waals surface area (Å²) in [6, 6.07) is 15.1. The van der Waals surface area contributed by atoms with Gasteiger partial charge in [-0.3, -0.25) is 9.79 Å². The lowest BCUT2D eigenvalue weighted by molar-refractivity contribution is -0.199. The van der Waals surface area contributed by atoms with E-state index in [0.29, 0.717) is 19.6 Å². The molecule has 2 aromatic rings. The Morgan fingerprint density at radius 3 is 1.97 bits per heavy atom. The number of hydrogen-bond donors (Lipinski definition) is 1. The first-order chi connectivity index (χ1) is 17.9. The van der Waals surface area contributed by atoms with Crippen LogP contribution in [-0.4, -0.2) is 79.2 Å². The van der Waals surface area contributed by atoms with Gasteiger partial charge in [0.05, 0.1) is 33.5 Å². The third-order valence-corrected chi connectivity index (χ3v) is 7.63. The van der Waals surface area contributed by atoms with Crippen LogP contribution in [0.2, 0.25) is 0 Å². The van der Waals surface area contributed by atoms with Crippen LogP contribution in [0.4, 0.5) is 0 Å². The van der Waals surface area contributed by atoms with Gasteiger partial charge in [0.2, 0.25) is 0 Å². The number of rotatable bonds is 11. The summed E-state index contributed by atoms with van der Waals surface area (Å²) in [6.07, 6.45) is -1.11. The van der Waals surface area contributed by atoms with E-state index in [1.807, 2.05) is 67.5 Å². The molecule has 5 atom stereocenters. The Balaban J connectivity index is 1.58. The predicted octanol–water partition coefficient (Wildman–Crippen LogP) is 3.80. The number of carboxylic acid groups (broad SMARTS) is 1. The number of thioether (sulfide) groups is 1. The lowest BCUT2D eigenvalue weighted by atomic mass is 9.94. The van der Waals surface area contributed by atoms with Gasteiger partial charge in [0.15, 0.2) is 5.17 Å². The Hall–Kier alpha value is -2.79. The highest BCUT2D eigenvalue weighted by Crippen LogP contribution is 2.40. The molecule has 1 fully saturated rings. The largest absolute Gasteiger partial charge is 0.497 e. The van der Waals surface area contributed by atoms with E-state index in [1.54, 1.807) is 14.2 Å². The zero-order valence-corrected chi connectivity index (χ0v) is 22.3. The molecule has 0 radical (unpaired) electrons. The van der Waals surface area contributed by atoms with E-state index in [-0.39, 0.29) is 17.9 Å². The third-order valence-electron chi connectivity index (χ3n) is 6.32. The highest BCUT2D eigenvalue weighted by atomic mass is 32.2. The van der Waals surface area contributed by atoms with E-state index in [2.05, 4.69) is 0 Å². The van der Waals surface area contributed by atoms with Crippen molar-refractivity contribution in [1.29, 1.82) is 0 Å². The third kappa shape index (κ3) is 6.95. The average Bonchev–Trinajstić information content (AvgIpc) is 3.34. The van der Waals surface area contributed by atoms with Crippen molar-refractivity contribution >= 4 is 22.9 Å². The Labute approximate surface area is 221 Å². The number of methoxy groups -OCH3 is 2. The van der Waals surface area contributed by atoms with Gasteiger partial charge >= 0.3 is 5.97 Å². The zero-order valence-electron chi connectivity index (χ0n) is 21.5. The maximum atomic E-state index is 11.4. The van der Waals surface area contributed by atoms with Gasteiger partial charge in [0, 0.05) is 20.5 Å². The van der Waals surface area contributed by atoms with Crippen molar-refractivity contribution in [2.45, 2.75) is 55.8 Å². The molecule has 37 heavy (non-hydrogen) atoms. The van der Waals surface area contributed by atoms with E-state index in [4.69, 9.17) is 28.7 Å². The van der Waals surface area contributed by atoms with Gasteiger partial charge in [-0.1, -0.05) is 36.0 Å². The number of ether oxygens (including phenoxy) is 5. The zero-order chi connectivity index (χ0) is 26.4. The number of aliphatic carboxylic acids is 1. The topological polar surface area (TPSA) is 99.1 Å². The van der Waals surface area contributed by atoms with Crippen LogP contribution in [0.1, 0.15) is 24.0 Å². The Bertz CT molecular complexity index is 1060. The van der Waals surface area contributed by atoms with Gasteiger partial charge in [-0.2, -0.15) is 0 Å². The Kier molecular flexibility index (Phi) is 9.31. The van der Waals surface area contributed by atoms with Crippen molar-refractivity contribution in [2.75, 3.05) is 28.3 Å². The maximum Gasteiger partial charge on any atom is 0.303 e. The van der Waals surface area contributed by atoms with Crippen molar-refractivity contribution in [3.63, 3.8) is 0 Å². The molecule has 10 heteroatoms. The SMILES string of the molecule is COc1ccc(CO[C@@H]2[C@H]3N=C(N(C)C)S[C@H]3O[C@H](CCC(=O)O)[C@H]2OCc2ccc(OC)cc2)cc1. The molecule has 4 rings (SSSR count). The first kappa shape index (κ1) is 27.3. The summed E-state index contributed by atoms with van der Waals surface area (Å²) >= 11 is 1.53. The summed E-state index contributed by atoms with van der Waals surface area (Å²) in [5, 5.41) is 10.2. The van der Waals surface area contributed by atoms with Crippen LogP contribution in [-0.2, 0) is 32.2 Å². The Morgan fingerprint density at radius 1 is 0.946 bits per heavy atom. The molecule has 2 aliphatic heterocycles. The fourth-order valence-electron chi connectivity index (χ4n) is 4.33. The number of benzene rings is 2. The molecule has 0 aromatic heterocycles. The molecule has 2 aliphatic rings. The quantitative estimate of drug-likeness (QED) is 0.465. The number of nitrogens with zero attached hydrogens (tertiary/aromatic N) is 2. The number of hydrogen-bond acceptors (Lipinski definition) is 9. The average molecular weight is 531 g/mol. The van der Waals surface area contributed by atoms with Crippen LogP contribution in [0.5, 0.6) is 11.5 Å². The summed E-state index contributed by atoms with van der Waals surface area (Å²) in [5.41, 5.74) is 1.67. The minimum absolute atomic E-state index is 0.0261. The van der Waals surface area contributed by atoms with E-state index >= 15 is 0 Å². The summed E-state index contributed by atoms with van der Waals surface area (Å²) in [5.74, 6) is 0.664. The summed E-state index contributed by atoms with van der Waals surface area (Å²) in [7, 11) is 7.14. The van der Waals surface area contributed by atoms with Crippen molar-refractivity contribution in [3.05, 3.63) is 59.7 Å². The fraction of sp³-hybridized carbons (Fsp3) is 0.481. The predicted molar refractivity (Wildman–Crippen MR) is 141 cm³/mol. The van der Waals surface area contributed by atoms with Crippen LogP contribution in [0.25, 0.3) is 0 Å². The van der Waals surface area contributed by atoms with Gasteiger partial charge in [0.25, 0.3) is 0 Å². The molecule has 0 spiro atoms. The van der Waals surface area contributed by atoms with Gasteiger partial charge in [-0.25, -0.2) is 0 Å². The van der Waals surface area contributed by atoms with Crippen LogP contribution >= 0.6 is 11.8 Å². The molecular formula is C27H34N2O7S. The van der Waals surface area contributed by atoms with Gasteiger partial charge in [-0.05, 0) is 41.8 Å². The number of carbonyl (C=O) groups is 1. The molecule has 1 saturated heterocycles. The second kappa shape index (κ2) is 12.6. The highest BCUT2D eigenvalue weighted by molar-refractivity contribution is 8.14. The molecule has 1 N–H and O–H groups in total. The number of fused-ring (bicyclic) bond motifs is 1. The first-order valence-electron chi connectivity index (χ1n) is 12.2. The summed E-state index contributed by atoms with van der Waals surface area (Å²) in [4.78, 5) is 18.3. The van der Waals surface area contributed by atoms with E-state index in [1.165, 1.54) is 11.8 Å². The number of aliphatic imine (C=N–C) groups is 1. The monoisotopic (exact) mass is 530 g/mol. The van der Waals surface area contributed by atoms with Crippen molar-refractivity contribution in [1.82, 2.24) is 4.90 Å². The molecule has 2 aromatic carbocycles. The van der Waals surface area contributed by atoms with Gasteiger partial charge < -0.3 is 33.7 Å².